The summed E-state index contributed by atoms with van der Waals surface area (Å²) in [7, 11) is 1.99. The van der Waals surface area contributed by atoms with Crippen molar-refractivity contribution in [3.05, 3.63) is 53.1 Å². The Labute approximate surface area is 123 Å². The van der Waals surface area contributed by atoms with Gasteiger partial charge in [0.1, 0.15) is 11.6 Å². The van der Waals surface area contributed by atoms with Gasteiger partial charge in [-0.1, -0.05) is 0 Å². The molecule has 2 aromatic rings. The fourth-order valence-corrected chi connectivity index (χ4v) is 2.04. The number of ether oxygens (including phenoxy) is 1. The molecule has 0 aliphatic carbocycles. The number of benzene rings is 1. The van der Waals surface area contributed by atoms with Crippen molar-refractivity contribution in [3.63, 3.8) is 0 Å². The second-order valence-corrected chi connectivity index (χ2v) is 4.97. The van der Waals surface area contributed by atoms with E-state index in [0.717, 1.165) is 17.0 Å². The predicted molar refractivity (Wildman–Crippen MR) is 78.6 cm³/mol. The van der Waals surface area contributed by atoms with E-state index < -0.39 is 0 Å². The molecule has 1 N–H and O–H groups in total. The highest BCUT2D eigenvalue weighted by molar-refractivity contribution is 5.77. The predicted octanol–water partition coefficient (Wildman–Crippen LogP) is 2.48. The van der Waals surface area contributed by atoms with Crippen LogP contribution in [0.5, 0.6) is 5.75 Å². The van der Waals surface area contributed by atoms with Gasteiger partial charge in [0.15, 0.2) is 6.61 Å². The number of hydrogen-bond donors (Lipinski definition) is 1. The lowest BCUT2D eigenvalue weighted by Crippen LogP contribution is -2.28. The number of amides is 1. The van der Waals surface area contributed by atoms with E-state index in [0.29, 0.717) is 12.3 Å². The molecule has 0 unspecified atom stereocenters. The van der Waals surface area contributed by atoms with E-state index in [4.69, 9.17) is 4.74 Å². The fourth-order valence-electron chi connectivity index (χ4n) is 2.04. The van der Waals surface area contributed by atoms with Crippen LogP contribution in [0.2, 0.25) is 0 Å². The van der Waals surface area contributed by atoms with Gasteiger partial charge in [0.25, 0.3) is 5.91 Å². The van der Waals surface area contributed by atoms with Crippen molar-refractivity contribution in [2.24, 2.45) is 7.05 Å². The van der Waals surface area contributed by atoms with E-state index in [2.05, 4.69) is 16.0 Å². The second kappa shape index (κ2) is 6.43. The number of rotatable bonds is 5. The molecule has 1 aromatic heterocycles. The van der Waals surface area contributed by atoms with E-state index in [-0.39, 0.29) is 18.3 Å². The molecule has 4 nitrogen and oxygen atoms in total. The fraction of sp³-hybridized carbons (Fsp3) is 0.312. The first-order chi connectivity index (χ1) is 9.97. The summed E-state index contributed by atoms with van der Waals surface area (Å²) in [6.45, 7) is 4.43. The zero-order valence-corrected chi connectivity index (χ0v) is 12.4. The molecule has 5 heteroatoms. The molecule has 0 fully saturated rings. The summed E-state index contributed by atoms with van der Waals surface area (Å²) < 4.78 is 20.1. The van der Waals surface area contributed by atoms with Crippen molar-refractivity contribution >= 4 is 5.91 Å². The third-order valence-electron chi connectivity index (χ3n) is 3.54. The molecule has 21 heavy (non-hydrogen) atoms. The number of nitrogens with zero attached hydrogens (tertiary/aromatic N) is 1. The largest absolute Gasteiger partial charge is 0.484 e. The standard InChI is InChI=1S/C16H19FN2O2/c1-11-8-13(12(2)19(11)3)9-18-16(20)10-21-15-6-4-14(17)5-7-15/h4-8H,9-10H2,1-3H3,(H,18,20). The van der Waals surface area contributed by atoms with Crippen LogP contribution in [0.1, 0.15) is 17.0 Å². The van der Waals surface area contributed by atoms with Crippen molar-refractivity contribution in [1.29, 1.82) is 0 Å². The number of aryl methyl sites for hydroxylation is 1. The van der Waals surface area contributed by atoms with Gasteiger partial charge >= 0.3 is 0 Å². The molecule has 1 aromatic carbocycles. The van der Waals surface area contributed by atoms with Gasteiger partial charge in [-0.15, -0.1) is 0 Å². The molecular weight excluding hydrogens is 271 g/mol. The number of nitrogens with one attached hydrogen (secondary N) is 1. The van der Waals surface area contributed by atoms with Gasteiger partial charge in [-0.05, 0) is 49.7 Å². The summed E-state index contributed by atoms with van der Waals surface area (Å²) in [6, 6.07) is 7.63. The lowest BCUT2D eigenvalue weighted by molar-refractivity contribution is -0.123. The number of carbonyl (C=O) groups is 1. The van der Waals surface area contributed by atoms with Crippen LogP contribution in [0, 0.1) is 19.7 Å². The zero-order chi connectivity index (χ0) is 15.4. The first-order valence-corrected chi connectivity index (χ1v) is 6.74. The van der Waals surface area contributed by atoms with E-state index in [1.165, 1.54) is 24.3 Å². The van der Waals surface area contributed by atoms with Crippen LogP contribution < -0.4 is 10.1 Å². The summed E-state index contributed by atoms with van der Waals surface area (Å²) in [4.78, 5) is 11.7. The van der Waals surface area contributed by atoms with Crippen molar-refractivity contribution in [1.82, 2.24) is 9.88 Å². The van der Waals surface area contributed by atoms with E-state index in [1.54, 1.807) is 0 Å². The molecule has 112 valence electrons. The first kappa shape index (κ1) is 15.1. The van der Waals surface area contributed by atoms with Crippen LogP contribution in [0.15, 0.2) is 30.3 Å². The SMILES string of the molecule is Cc1cc(CNC(=O)COc2ccc(F)cc2)c(C)n1C. The minimum atomic E-state index is -0.332. The van der Waals surface area contributed by atoms with Crippen LogP contribution >= 0.6 is 0 Å². The summed E-state index contributed by atoms with van der Waals surface area (Å²) in [6.07, 6.45) is 0. The molecule has 0 spiro atoms. The number of carbonyl (C=O) groups excluding carboxylic acids is 1. The molecule has 0 saturated carbocycles. The Hall–Kier alpha value is -2.30. The van der Waals surface area contributed by atoms with Gasteiger partial charge in [-0.2, -0.15) is 0 Å². The lowest BCUT2D eigenvalue weighted by atomic mass is 10.2. The normalized spacial score (nSPS) is 10.5. The quantitative estimate of drug-likeness (QED) is 0.919. The van der Waals surface area contributed by atoms with Crippen molar-refractivity contribution in [2.45, 2.75) is 20.4 Å². The highest BCUT2D eigenvalue weighted by atomic mass is 19.1. The molecule has 2 rings (SSSR count). The van der Waals surface area contributed by atoms with Gasteiger partial charge < -0.3 is 14.6 Å². The van der Waals surface area contributed by atoms with Gasteiger partial charge in [0.2, 0.25) is 0 Å². The Balaban J connectivity index is 1.82. The van der Waals surface area contributed by atoms with E-state index in [9.17, 15) is 9.18 Å². The molecule has 0 aliphatic heterocycles. The Bertz CT molecular complexity index is 632. The van der Waals surface area contributed by atoms with Crippen LogP contribution in [0.3, 0.4) is 0 Å². The number of hydrogen-bond acceptors (Lipinski definition) is 2. The minimum Gasteiger partial charge on any atom is -0.484 e. The molecule has 0 bridgehead atoms. The van der Waals surface area contributed by atoms with Gasteiger partial charge in [-0.25, -0.2) is 4.39 Å². The molecule has 0 saturated heterocycles. The Kier molecular flexibility index (Phi) is 4.62. The maximum atomic E-state index is 12.7. The van der Waals surface area contributed by atoms with Gasteiger partial charge in [-0.3, -0.25) is 4.79 Å². The minimum absolute atomic E-state index is 0.0868. The average Bonchev–Trinajstić information content (AvgIpc) is 2.72. The van der Waals surface area contributed by atoms with Crippen LogP contribution in [0.4, 0.5) is 4.39 Å². The third kappa shape index (κ3) is 3.84. The summed E-state index contributed by atoms with van der Waals surface area (Å²) in [5.41, 5.74) is 3.37. The Morgan fingerprint density at radius 3 is 2.52 bits per heavy atom. The van der Waals surface area contributed by atoms with Crippen molar-refractivity contribution in [2.75, 3.05) is 6.61 Å². The molecule has 0 radical (unpaired) electrons. The third-order valence-corrected chi connectivity index (χ3v) is 3.54. The first-order valence-electron chi connectivity index (χ1n) is 6.74. The van der Waals surface area contributed by atoms with E-state index >= 15 is 0 Å². The molecule has 1 amide bonds. The monoisotopic (exact) mass is 290 g/mol. The second-order valence-electron chi connectivity index (χ2n) is 4.97. The highest BCUT2D eigenvalue weighted by Crippen LogP contribution is 2.13. The molecule has 0 atom stereocenters. The number of aromatic nitrogens is 1. The smallest absolute Gasteiger partial charge is 0.258 e. The van der Waals surface area contributed by atoms with Crippen molar-refractivity contribution < 1.29 is 13.9 Å². The average molecular weight is 290 g/mol. The Morgan fingerprint density at radius 2 is 1.95 bits per heavy atom. The van der Waals surface area contributed by atoms with E-state index in [1.807, 2.05) is 20.9 Å². The lowest BCUT2D eigenvalue weighted by Gasteiger charge is -2.08. The van der Waals surface area contributed by atoms with Crippen LogP contribution in [-0.4, -0.2) is 17.1 Å². The molecule has 0 aliphatic rings. The van der Waals surface area contributed by atoms with Gasteiger partial charge in [0.05, 0.1) is 0 Å². The summed E-state index contributed by atoms with van der Waals surface area (Å²) in [5, 5.41) is 2.81. The molecule has 1 heterocycles. The summed E-state index contributed by atoms with van der Waals surface area (Å²) >= 11 is 0. The maximum absolute atomic E-state index is 12.7. The topological polar surface area (TPSA) is 43.3 Å². The highest BCUT2D eigenvalue weighted by Gasteiger charge is 2.08. The van der Waals surface area contributed by atoms with Crippen LogP contribution in [0.25, 0.3) is 0 Å². The Morgan fingerprint density at radius 1 is 1.29 bits per heavy atom. The molecular formula is C16H19FN2O2. The van der Waals surface area contributed by atoms with Gasteiger partial charge in [0, 0.05) is 25.0 Å². The number of halogens is 1. The summed E-state index contributed by atoms with van der Waals surface area (Å²) in [5.74, 6) is -0.0692. The van der Waals surface area contributed by atoms with Crippen molar-refractivity contribution in [3.8, 4) is 5.75 Å². The maximum Gasteiger partial charge on any atom is 0.258 e. The van der Waals surface area contributed by atoms with Crippen LogP contribution in [-0.2, 0) is 18.4 Å². The zero-order valence-electron chi connectivity index (χ0n) is 12.4.